The predicted molar refractivity (Wildman–Crippen MR) is 137 cm³/mol. The number of hydrogen-bond acceptors (Lipinski definition) is 6. The van der Waals surface area contributed by atoms with Gasteiger partial charge in [0, 0.05) is 0 Å². The van der Waals surface area contributed by atoms with Crippen LogP contribution in [0, 0.1) is 10.2 Å². The van der Waals surface area contributed by atoms with E-state index < -0.39 is 10.2 Å². The average molecular weight is 533 g/mol. The Labute approximate surface area is 224 Å². The number of likely N-dealkylation sites (N-methyl/N-ethyl adjacent to an activating group) is 2. The van der Waals surface area contributed by atoms with Crippen LogP contribution < -0.4 is 23.4 Å². The standard InChI is InChI=1S/C30H29N2O.ClHO4/c1-31-18-19-32(2)30(31)29-27(23-10-6-4-7-11-23)20-25(22-14-16-26(33-3)17-15-22)21-28(29)24-12-8-5-9-13-24;2-1(3,4)5/h4-17,20-21H,18-19H2,1-3H3;(H,2,3,4,5)/q+1;/p-1. The zero-order valence-corrected chi connectivity index (χ0v) is 22.2. The van der Waals surface area contributed by atoms with Gasteiger partial charge in [-0.2, -0.15) is 0 Å². The summed E-state index contributed by atoms with van der Waals surface area (Å²) in [5, 5.41) is 0. The second-order valence-electron chi connectivity index (χ2n) is 8.95. The Morgan fingerprint density at radius 3 is 1.58 bits per heavy atom. The molecule has 0 aliphatic carbocycles. The molecule has 0 spiro atoms. The summed E-state index contributed by atoms with van der Waals surface area (Å²) < 4.78 is 41.7. The van der Waals surface area contributed by atoms with Gasteiger partial charge in [-0.15, -0.1) is 10.2 Å². The Hall–Kier alpha value is -3.72. The minimum Gasteiger partial charge on any atom is -0.497 e. The highest BCUT2D eigenvalue weighted by Crippen LogP contribution is 2.39. The van der Waals surface area contributed by atoms with E-state index in [1.807, 2.05) is 12.1 Å². The number of methoxy groups -OCH3 is 1. The molecule has 0 saturated carbocycles. The molecule has 0 unspecified atom stereocenters. The number of amidine groups is 1. The number of halogens is 1. The largest absolute Gasteiger partial charge is 0.497 e. The van der Waals surface area contributed by atoms with Crippen LogP contribution in [0.1, 0.15) is 5.56 Å². The van der Waals surface area contributed by atoms with Crippen molar-refractivity contribution in [1.82, 2.24) is 4.90 Å². The maximum atomic E-state index is 8.49. The van der Waals surface area contributed by atoms with Crippen LogP contribution in [-0.2, 0) is 0 Å². The molecule has 0 bridgehead atoms. The Kier molecular flexibility index (Phi) is 8.46. The molecule has 1 aliphatic rings. The van der Waals surface area contributed by atoms with Crippen molar-refractivity contribution in [2.24, 2.45) is 0 Å². The molecule has 0 N–H and O–H groups in total. The third kappa shape index (κ3) is 6.58. The van der Waals surface area contributed by atoms with E-state index in [2.05, 4.69) is 108 Å². The molecule has 1 aliphatic heterocycles. The molecule has 4 aromatic rings. The molecule has 0 saturated heterocycles. The van der Waals surface area contributed by atoms with E-state index in [9.17, 15) is 0 Å². The number of hydrogen-bond donors (Lipinski definition) is 0. The van der Waals surface area contributed by atoms with E-state index in [1.54, 1.807) is 7.11 Å². The first-order valence-corrected chi connectivity index (χ1v) is 13.2. The SMILES string of the molecule is COc1ccc(-c2cc(-c3ccccc3)c(C3=[N+](C)CCN3C)c(-c3ccccc3)c2)cc1.[O-][Cl+3]([O-])([O-])[O-]. The smallest absolute Gasteiger partial charge is 0.280 e. The van der Waals surface area contributed by atoms with Gasteiger partial charge in [0.05, 0.1) is 26.8 Å². The Morgan fingerprint density at radius 2 is 1.18 bits per heavy atom. The monoisotopic (exact) mass is 532 g/mol. The lowest BCUT2D eigenvalue weighted by molar-refractivity contribution is -2.00. The van der Waals surface area contributed by atoms with Crippen molar-refractivity contribution in [2.75, 3.05) is 34.3 Å². The molecule has 8 heteroatoms. The van der Waals surface area contributed by atoms with Gasteiger partial charge in [0.15, 0.2) is 0 Å². The van der Waals surface area contributed by atoms with Gasteiger partial charge in [0.1, 0.15) is 18.8 Å². The van der Waals surface area contributed by atoms with E-state index in [0.29, 0.717) is 0 Å². The van der Waals surface area contributed by atoms with Gasteiger partial charge in [-0.25, -0.2) is 18.6 Å². The summed E-state index contributed by atoms with van der Waals surface area (Å²) in [7, 11) is 1.15. The Morgan fingerprint density at radius 1 is 0.711 bits per heavy atom. The van der Waals surface area contributed by atoms with Crippen molar-refractivity contribution >= 4 is 5.84 Å². The van der Waals surface area contributed by atoms with E-state index in [-0.39, 0.29) is 0 Å². The fraction of sp³-hybridized carbons (Fsp3) is 0.167. The van der Waals surface area contributed by atoms with Crippen LogP contribution >= 0.6 is 0 Å². The number of nitrogens with zero attached hydrogens (tertiary/aromatic N) is 2. The fourth-order valence-electron chi connectivity index (χ4n) is 4.71. The fourth-order valence-corrected chi connectivity index (χ4v) is 4.71. The molecule has 0 radical (unpaired) electrons. The summed E-state index contributed by atoms with van der Waals surface area (Å²) in [6, 6.07) is 34.5. The first-order chi connectivity index (χ1) is 18.2. The summed E-state index contributed by atoms with van der Waals surface area (Å²) in [6.07, 6.45) is 0. The normalized spacial score (nSPS) is 13.3. The zero-order chi connectivity index (χ0) is 27.3. The molecule has 0 aromatic heterocycles. The third-order valence-corrected chi connectivity index (χ3v) is 6.45. The predicted octanol–water partition coefficient (Wildman–Crippen LogP) is 1.27. The van der Waals surface area contributed by atoms with Crippen LogP contribution in [-0.4, -0.2) is 49.6 Å². The van der Waals surface area contributed by atoms with Crippen molar-refractivity contribution in [3.05, 3.63) is 103 Å². The van der Waals surface area contributed by atoms with Crippen LogP contribution in [0.15, 0.2) is 97.1 Å². The van der Waals surface area contributed by atoms with Crippen LogP contribution in [0.25, 0.3) is 33.4 Å². The minimum absolute atomic E-state index is 0.867. The molecule has 0 fully saturated rings. The van der Waals surface area contributed by atoms with Gasteiger partial charge < -0.3 is 4.74 Å². The van der Waals surface area contributed by atoms with Crippen molar-refractivity contribution in [1.29, 1.82) is 0 Å². The Bertz CT molecular complexity index is 1340. The highest BCUT2D eigenvalue weighted by molar-refractivity contribution is 6.09. The number of rotatable bonds is 5. The lowest BCUT2D eigenvalue weighted by Gasteiger charge is -2.19. The summed E-state index contributed by atoms with van der Waals surface area (Å²) in [5.41, 5.74) is 8.60. The second-order valence-corrected chi connectivity index (χ2v) is 9.71. The van der Waals surface area contributed by atoms with Crippen molar-refractivity contribution in [3.63, 3.8) is 0 Å². The summed E-state index contributed by atoms with van der Waals surface area (Å²) >= 11 is 0. The molecule has 7 nitrogen and oxygen atoms in total. The lowest BCUT2D eigenvalue weighted by Crippen LogP contribution is -2.68. The first kappa shape index (κ1) is 27.3. The van der Waals surface area contributed by atoms with Crippen LogP contribution in [0.3, 0.4) is 0 Å². The zero-order valence-electron chi connectivity index (χ0n) is 21.5. The van der Waals surface area contributed by atoms with Crippen molar-refractivity contribution in [3.8, 4) is 39.1 Å². The topological polar surface area (TPSA) is 108 Å². The molecule has 5 rings (SSSR count). The Balaban J connectivity index is 0.000000617. The quantitative estimate of drug-likeness (QED) is 0.358. The van der Waals surface area contributed by atoms with Gasteiger partial charge in [-0.1, -0.05) is 72.8 Å². The van der Waals surface area contributed by atoms with Gasteiger partial charge >= 0.3 is 0 Å². The molecule has 4 aromatic carbocycles. The second kappa shape index (κ2) is 11.8. The van der Waals surface area contributed by atoms with E-state index in [1.165, 1.54) is 44.8 Å². The first-order valence-electron chi connectivity index (χ1n) is 12.0. The average Bonchev–Trinajstić information content (AvgIpc) is 3.25. The van der Waals surface area contributed by atoms with Gasteiger partial charge in [-0.3, -0.25) is 9.48 Å². The third-order valence-electron chi connectivity index (χ3n) is 6.45. The minimum atomic E-state index is -4.94. The summed E-state index contributed by atoms with van der Waals surface area (Å²) in [6.45, 7) is 2.04. The summed E-state index contributed by atoms with van der Waals surface area (Å²) in [4.78, 5) is 2.38. The molecule has 1 heterocycles. The van der Waals surface area contributed by atoms with Gasteiger partial charge in [0.2, 0.25) is 0 Å². The van der Waals surface area contributed by atoms with E-state index in [4.69, 9.17) is 23.4 Å². The molecular formula is C30H29ClN2O5. The van der Waals surface area contributed by atoms with Gasteiger partial charge in [-0.05, 0) is 57.6 Å². The summed E-state index contributed by atoms with van der Waals surface area (Å²) in [5.74, 6) is 2.14. The van der Waals surface area contributed by atoms with Crippen LogP contribution in [0.2, 0.25) is 0 Å². The number of benzene rings is 4. The number of ether oxygens (including phenoxy) is 1. The maximum absolute atomic E-state index is 8.49. The van der Waals surface area contributed by atoms with Gasteiger partial charge in [0.25, 0.3) is 5.84 Å². The lowest BCUT2D eigenvalue weighted by atomic mass is 9.87. The van der Waals surface area contributed by atoms with E-state index >= 15 is 0 Å². The maximum Gasteiger partial charge on any atom is 0.280 e. The molecule has 196 valence electrons. The molecule has 0 amide bonds. The van der Waals surface area contributed by atoms with Crippen LogP contribution in [0.4, 0.5) is 0 Å². The molecular weight excluding hydrogens is 504 g/mol. The molecule has 0 atom stereocenters. The van der Waals surface area contributed by atoms with Crippen LogP contribution in [0.5, 0.6) is 5.75 Å². The molecule has 38 heavy (non-hydrogen) atoms. The van der Waals surface area contributed by atoms with Crippen molar-refractivity contribution < 1.29 is 38.2 Å². The van der Waals surface area contributed by atoms with E-state index in [0.717, 1.165) is 18.8 Å². The van der Waals surface area contributed by atoms with Crippen molar-refractivity contribution in [2.45, 2.75) is 0 Å². The highest BCUT2D eigenvalue weighted by Gasteiger charge is 2.32. The highest BCUT2D eigenvalue weighted by atomic mass is 35.7.